The van der Waals surface area contributed by atoms with Crippen LogP contribution in [0.15, 0.2) is 24.4 Å². The molecule has 1 aliphatic rings. The fraction of sp³-hybridized carbons (Fsp3) is 0.357. The summed E-state index contributed by atoms with van der Waals surface area (Å²) in [6.07, 6.45) is 6.94. The minimum absolute atomic E-state index is 0.585. The van der Waals surface area contributed by atoms with Crippen LogP contribution in [0.25, 0.3) is 5.69 Å². The second-order valence-electron chi connectivity index (χ2n) is 4.73. The van der Waals surface area contributed by atoms with Gasteiger partial charge in [0.25, 0.3) is 0 Å². The highest BCUT2D eigenvalue weighted by Crippen LogP contribution is 2.28. The van der Waals surface area contributed by atoms with Gasteiger partial charge >= 0.3 is 0 Å². The van der Waals surface area contributed by atoms with E-state index in [1.54, 1.807) is 0 Å². The number of aryl methyl sites for hydroxylation is 2. The summed E-state index contributed by atoms with van der Waals surface area (Å²) >= 11 is 0. The van der Waals surface area contributed by atoms with E-state index in [1.165, 1.54) is 36.1 Å². The van der Waals surface area contributed by atoms with Crippen LogP contribution in [0.4, 0.5) is 5.95 Å². The van der Waals surface area contributed by atoms with Gasteiger partial charge in [0.15, 0.2) is 0 Å². The molecular formula is C14H17N3. The van der Waals surface area contributed by atoms with Crippen molar-refractivity contribution in [1.29, 1.82) is 0 Å². The number of aromatic nitrogens is 2. The molecule has 0 fully saturated rings. The number of rotatable bonds is 1. The first-order valence-electron chi connectivity index (χ1n) is 6.18. The Morgan fingerprint density at radius 3 is 2.82 bits per heavy atom. The van der Waals surface area contributed by atoms with Gasteiger partial charge in [-0.1, -0.05) is 12.1 Å². The summed E-state index contributed by atoms with van der Waals surface area (Å²) in [5.74, 6) is 0.585. The quantitative estimate of drug-likeness (QED) is 0.814. The summed E-state index contributed by atoms with van der Waals surface area (Å²) in [5.41, 5.74) is 11.1. The Labute approximate surface area is 101 Å². The summed E-state index contributed by atoms with van der Waals surface area (Å²) < 4.78 is 2.01. The van der Waals surface area contributed by atoms with Crippen LogP contribution in [0, 0.1) is 6.92 Å². The van der Waals surface area contributed by atoms with Crippen molar-refractivity contribution in [3.63, 3.8) is 0 Å². The van der Waals surface area contributed by atoms with Gasteiger partial charge in [0.1, 0.15) is 0 Å². The maximum atomic E-state index is 5.96. The summed E-state index contributed by atoms with van der Waals surface area (Å²) in [5, 5.41) is 0. The summed E-state index contributed by atoms with van der Waals surface area (Å²) in [4.78, 5) is 4.28. The predicted octanol–water partition coefficient (Wildman–Crippen LogP) is 2.64. The topological polar surface area (TPSA) is 43.8 Å². The number of anilines is 1. The number of hydrogen-bond acceptors (Lipinski definition) is 2. The standard InChI is InChI=1S/C14H17N3/c1-10-9-17(14(15)16-10)13-8-4-6-11-5-2-3-7-12(11)13/h4,6,8-9H,2-3,5,7H2,1H3,(H2,15,16). The zero-order valence-electron chi connectivity index (χ0n) is 10.1. The van der Waals surface area contributed by atoms with Crippen LogP contribution in [0.2, 0.25) is 0 Å². The lowest BCUT2D eigenvalue weighted by molar-refractivity contribution is 0.681. The van der Waals surface area contributed by atoms with E-state index < -0.39 is 0 Å². The van der Waals surface area contributed by atoms with Crippen molar-refractivity contribution in [2.24, 2.45) is 0 Å². The molecule has 3 rings (SSSR count). The van der Waals surface area contributed by atoms with Crippen molar-refractivity contribution < 1.29 is 0 Å². The van der Waals surface area contributed by atoms with Gasteiger partial charge in [-0.15, -0.1) is 0 Å². The summed E-state index contributed by atoms with van der Waals surface area (Å²) in [6.45, 7) is 1.97. The molecule has 1 heterocycles. The SMILES string of the molecule is Cc1cn(-c2cccc3c2CCCC3)c(N)n1. The molecule has 17 heavy (non-hydrogen) atoms. The highest BCUT2D eigenvalue weighted by atomic mass is 15.1. The molecule has 0 spiro atoms. The molecule has 0 saturated heterocycles. The lowest BCUT2D eigenvalue weighted by atomic mass is 9.90. The van der Waals surface area contributed by atoms with Gasteiger partial charge in [-0.25, -0.2) is 4.98 Å². The van der Waals surface area contributed by atoms with Crippen molar-refractivity contribution in [2.75, 3.05) is 5.73 Å². The molecule has 1 aromatic carbocycles. The van der Waals surface area contributed by atoms with Crippen LogP contribution >= 0.6 is 0 Å². The Hall–Kier alpha value is -1.77. The first kappa shape index (κ1) is 10.4. The fourth-order valence-electron chi connectivity index (χ4n) is 2.70. The number of nitrogens with two attached hydrogens (primary N) is 1. The zero-order chi connectivity index (χ0) is 11.8. The number of hydrogen-bond donors (Lipinski definition) is 1. The van der Waals surface area contributed by atoms with Crippen LogP contribution in [0.3, 0.4) is 0 Å². The second-order valence-corrected chi connectivity index (χ2v) is 4.73. The van der Waals surface area contributed by atoms with Gasteiger partial charge in [-0.2, -0.15) is 0 Å². The summed E-state index contributed by atoms with van der Waals surface area (Å²) in [6, 6.07) is 6.49. The molecule has 0 unspecified atom stereocenters. The van der Waals surface area contributed by atoms with Gasteiger partial charge in [0, 0.05) is 6.20 Å². The molecule has 1 aromatic heterocycles. The van der Waals surface area contributed by atoms with Gasteiger partial charge in [0.2, 0.25) is 5.95 Å². The number of nitrogen functional groups attached to an aromatic ring is 1. The molecule has 0 atom stereocenters. The number of imidazole rings is 1. The Bertz CT molecular complexity index is 555. The highest BCUT2D eigenvalue weighted by Gasteiger charge is 2.15. The van der Waals surface area contributed by atoms with Gasteiger partial charge in [-0.05, 0) is 49.8 Å². The van der Waals surface area contributed by atoms with E-state index in [4.69, 9.17) is 5.73 Å². The molecule has 88 valence electrons. The smallest absolute Gasteiger partial charge is 0.205 e. The van der Waals surface area contributed by atoms with E-state index in [1.807, 2.05) is 17.7 Å². The first-order chi connectivity index (χ1) is 8.25. The lowest BCUT2D eigenvalue weighted by Gasteiger charge is -2.20. The Morgan fingerprint density at radius 2 is 2.06 bits per heavy atom. The van der Waals surface area contributed by atoms with E-state index in [0.717, 1.165) is 12.1 Å². The molecule has 0 saturated carbocycles. The van der Waals surface area contributed by atoms with Crippen LogP contribution in [-0.2, 0) is 12.8 Å². The average Bonchev–Trinajstić information content (AvgIpc) is 2.68. The van der Waals surface area contributed by atoms with Crippen LogP contribution in [0.5, 0.6) is 0 Å². The third-order valence-electron chi connectivity index (χ3n) is 3.48. The summed E-state index contributed by atoms with van der Waals surface area (Å²) in [7, 11) is 0. The van der Waals surface area contributed by atoms with Gasteiger partial charge in [0.05, 0.1) is 11.4 Å². The van der Waals surface area contributed by atoms with Crippen molar-refractivity contribution >= 4 is 5.95 Å². The molecule has 0 amide bonds. The Kier molecular flexibility index (Phi) is 2.39. The van der Waals surface area contributed by atoms with Crippen LogP contribution < -0.4 is 5.73 Å². The molecular weight excluding hydrogens is 210 g/mol. The van der Waals surface area contributed by atoms with Gasteiger partial charge in [-0.3, -0.25) is 4.57 Å². The maximum Gasteiger partial charge on any atom is 0.205 e. The number of benzene rings is 1. The maximum absolute atomic E-state index is 5.96. The molecule has 2 N–H and O–H groups in total. The van der Waals surface area contributed by atoms with E-state index in [-0.39, 0.29) is 0 Å². The first-order valence-corrected chi connectivity index (χ1v) is 6.18. The fourth-order valence-corrected chi connectivity index (χ4v) is 2.70. The minimum Gasteiger partial charge on any atom is -0.369 e. The van der Waals surface area contributed by atoms with Crippen LogP contribution in [0.1, 0.15) is 29.7 Å². The van der Waals surface area contributed by atoms with Crippen molar-refractivity contribution in [2.45, 2.75) is 32.6 Å². The minimum atomic E-state index is 0.585. The normalized spacial score (nSPS) is 14.6. The molecule has 3 heteroatoms. The zero-order valence-corrected chi connectivity index (χ0v) is 10.1. The molecule has 0 aliphatic heterocycles. The predicted molar refractivity (Wildman–Crippen MR) is 69.4 cm³/mol. The number of nitrogens with zero attached hydrogens (tertiary/aromatic N) is 2. The molecule has 0 radical (unpaired) electrons. The van der Waals surface area contributed by atoms with E-state index in [9.17, 15) is 0 Å². The third kappa shape index (κ3) is 1.71. The Balaban J connectivity index is 2.17. The van der Waals surface area contributed by atoms with Crippen LogP contribution in [-0.4, -0.2) is 9.55 Å². The van der Waals surface area contributed by atoms with Crippen molar-refractivity contribution in [1.82, 2.24) is 9.55 Å². The monoisotopic (exact) mass is 227 g/mol. The van der Waals surface area contributed by atoms with Gasteiger partial charge < -0.3 is 5.73 Å². The average molecular weight is 227 g/mol. The lowest BCUT2D eigenvalue weighted by Crippen LogP contribution is -2.09. The van der Waals surface area contributed by atoms with Crippen molar-refractivity contribution in [3.8, 4) is 5.69 Å². The number of fused-ring (bicyclic) bond motifs is 1. The molecule has 3 nitrogen and oxygen atoms in total. The van der Waals surface area contributed by atoms with E-state index in [2.05, 4.69) is 23.2 Å². The Morgan fingerprint density at radius 1 is 1.24 bits per heavy atom. The molecule has 0 bridgehead atoms. The largest absolute Gasteiger partial charge is 0.369 e. The molecule has 1 aliphatic carbocycles. The second kappa shape index (κ2) is 3.91. The molecule has 2 aromatic rings. The van der Waals surface area contributed by atoms with Crippen molar-refractivity contribution in [3.05, 3.63) is 41.2 Å². The highest BCUT2D eigenvalue weighted by molar-refractivity contribution is 5.51. The van der Waals surface area contributed by atoms with E-state index in [0.29, 0.717) is 5.95 Å². The third-order valence-corrected chi connectivity index (χ3v) is 3.48. The van der Waals surface area contributed by atoms with E-state index >= 15 is 0 Å².